The molecule has 9 nitrogen and oxygen atoms in total. The van der Waals surface area contributed by atoms with Crippen LogP contribution in [0.2, 0.25) is 0 Å². The number of anilines is 3. The van der Waals surface area contributed by atoms with Crippen molar-refractivity contribution in [1.82, 2.24) is 9.97 Å². The first kappa shape index (κ1) is 28.8. The molecule has 2 aromatic rings. The van der Waals surface area contributed by atoms with E-state index in [1.807, 2.05) is 0 Å². The van der Waals surface area contributed by atoms with E-state index in [1.165, 1.54) is 12.3 Å². The van der Waals surface area contributed by atoms with Gasteiger partial charge in [-0.15, -0.1) is 0 Å². The number of alkyl halides is 1. The highest BCUT2D eigenvalue weighted by Crippen LogP contribution is 2.36. The Kier molecular flexibility index (Phi) is 7.95. The molecule has 0 bridgehead atoms. The highest BCUT2D eigenvalue weighted by Gasteiger charge is 2.42. The van der Waals surface area contributed by atoms with E-state index in [9.17, 15) is 26.7 Å². The number of aliphatic imine (C=N–C) groups is 1. The van der Waals surface area contributed by atoms with Crippen molar-refractivity contribution >= 4 is 40.1 Å². The first-order valence-corrected chi connectivity index (χ1v) is 14.5. The lowest BCUT2D eigenvalue weighted by Gasteiger charge is -2.43. The van der Waals surface area contributed by atoms with Crippen molar-refractivity contribution in [2.24, 2.45) is 16.3 Å². The van der Waals surface area contributed by atoms with Gasteiger partial charge in [-0.2, -0.15) is 4.98 Å². The Morgan fingerprint density at radius 3 is 2.59 bits per heavy atom. The zero-order valence-corrected chi connectivity index (χ0v) is 23.1. The van der Waals surface area contributed by atoms with Crippen molar-refractivity contribution in [1.29, 1.82) is 0 Å². The summed E-state index contributed by atoms with van der Waals surface area (Å²) in [7, 11) is -3.16. The number of aliphatic hydroxyl groups excluding tert-OH is 1. The number of rotatable bonds is 8. The lowest BCUT2D eigenvalue weighted by atomic mass is 9.80. The van der Waals surface area contributed by atoms with E-state index in [2.05, 4.69) is 27.0 Å². The van der Waals surface area contributed by atoms with Crippen LogP contribution in [0.5, 0.6) is 0 Å². The van der Waals surface area contributed by atoms with Crippen molar-refractivity contribution in [3.8, 4) is 0 Å². The van der Waals surface area contributed by atoms with Crippen LogP contribution < -0.4 is 15.1 Å². The maximum atomic E-state index is 14.9. The van der Waals surface area contributed by atoms with E-state index >= 15 is 0 Å². The van der Waals surface area contributed by atoms with Crippen molar-refractivity contribution in [2.75, 3.05) is 53.3 Å². The number of nitrogens with one attached hydrogen (secondary N) is 1. The predicted molar refractivity (Wildman–Crippen MR) is 147 cm³/mol. The van der Waals surface area contributed by atoms with Crippen LogP contribution in [0.4, 0.5) is 30.6 Å². The van der Waals surface area contributed by atoms with Gasteiger partial charge in [0.05, 0.1) is 24.1 Å². The van der Waals surface area contributed by atoms with Gasteiger partial charge in [-0.1, -0.05) is 13.8 Å². The van der Waals surface area contributed by atoms with E-state index < -0.39 is 39.2 Å². The number of sulfone groups is 1. The topological polar surface area (TPSA) is 111 Å². The number of aliphatic hydroxyl groups is 1. The fourth-order valence-electron chi connectivity index (χ4n) is 5.16. The highest BCUT2D eigenvalue weighted by atomic mass is 32.2. The number of nitrogens with zero attached hydrogens (tertiary/aromatic N) is 5. The monoisotopic (exact) mass is 566 g/mol. The summed E-state index contributed by atoms with van der Waals surface area (Å²) < 4.78 is 67.3. The maximum Gasteiger partial charge on any atom is 0.227 e. The van der Waals surface area contributed by atoms with Gasteiger partial charge in [0.25, 0.3) is 0 Å². The minimum absolute atomic E-state index is 0.00891. The molecule has 2 N–H and O–H groups in total. The summed E-state index contributed by atoms with van der Waals surface area (Å²) in [4.78, 5) is 15.9. The Balaban J connectivity index is 1.56. The third kappa shape index (κ3) is 6.35. The fraction of sp³-hybridized carbons (Fsp3) is 0.500. The van der Waals surface area contributed by atoms with E-state index in [4.69, 9.17) is 0 Å². The quantitative estimate of drug-likeness (QED) is 0.469. The summed E-state index contributed by atoms with van der Waals surface area (Å²) in [5, 5.41) is 13.1. The van der Waals surface area contributed by atoms with Crippen molar-refractivity contribution in [3.05, 3.63) is 46.9 Å². The molecule has 1 aromatic heterocycles. The SMILES string of the molecule is C=N/C(=C\c1c(F)cc(F)c(N2CC(CS(C)(=O)=O)C2)c1C)Nc1ccnc(N2C[C@@H](F)[C@@H](O)C(C)(C)C2)n1. The highest BCUT2D eigenvalue weighted by molar-refractivity contribution is 7.90. The van der Waals surface area contributed by atoms with Crippen LogP contribution in [0.25, 0.3) is 6.08 Å². The van der Waals surface area contributed by atoms with Crippen molar-refractivity contribution < 1.29 is 26.7 Å². The Labute approximate surface area is 226 Å². The van der Waals surface area contributed by atoms with Crippen molar-refractivity contribution in [3.63, 3.8) is 0 Å². The molecule has 0 spiro atoms. The third-order valence-corrected chi connectivity index (χ3v) is 8.15. The van der Waals surface area contributed by atoms with Gasteiger partial charge in [-0.05, 0) is 31.3 Å². The molecular formula is C26H33F3N6O3S. The summed E-state index contributed by atoms with van der Waals surface area (Å²) in [6.45, 7) is 9.61. The lowest BCUT2D eigenvalue weighted by molar-refractivity contribution is -0.0257. The van der Waals surface area contributed by atoms with Crippen LogP contribution >= 0.6 is 0 Å². The molecule has 0 aliphatic carbocycles. The molecule has 2 aliphatic heterocycles. The molecule has 2 saturated heterocycles. The van der Waals surface area contributed by atoms with Gasteiger partial charge in [-0.3, -0.25) is 0 Å². The molecule has 3 heterocycles. The average Bonchev–Trinajstić information content (AvgIpc) is 2.81. The molecule has 13 heteroatoms. The number of hydrogen-bond donors (Lipinski definition) is 2. The smallest absolute Gasteiger partial charge is 0.227 e. The number of benzene rings is 1. The Bertz CT molecular complexity index is 1400. The predicted octanol–water partition coefficient (Wildman–Crippen LogP) is 3.20. The molecule has 2 atom stereocenters. The third-order valence-electron chi connectivity index (χ3n) is 7.08. The summed E-state index contributed by atoms with van der Waals surface area (Å²) in [5.74, 6) is -0.962. The zero-order valence-electron chi connectivity index (χ0n) is 22.3. The minimum atomic E-state index is -3.16. The summed E-state index contributed by atoms with van der Waals surface area (Å²) >= 11 is 0. The largest absolute Gasteiger partial charge is 0.389 e. The van der Waals surface area contributed by atoms with E-state index in [1.54, 1.807) is 36.6 Å². The number of piperidine rings is 1. The van der Waals surface area contributed by atoms with Gasteiger partial charge in [0.1, 0.15) is 39.3 Å². The van der Waals surface area contributed by atoms with Gasteiger partial charge >= 0.3 is 0 Å². The number of aromatic nitrogens is 2. The standard InChI is InChI=1S/C26H33F3N6O3S/c1-15-17(18(27)9-19(28)23(15)34-10-16(11-34)13-39(5,37)38)8-22(30-4)32-21-6-7-31-25(33-21)35-12-20(29)24(36)26(2,3)14-35/h6-9,16,20,24,36H,4,10-14H2,1-3,5H3,(H,31,32,33)/b22-8+/t20-,24-/m1/s1. The summed E-state index contributed by atoms with van der Waals surface area (Å²) in [6, 6.07) is 2.35. The lowest BCUT2D eigenvalue weighted by Crippen LogP contribution is -2.55. The molecule has 212 valence electrons. The molecule has 2 aliphatic rings. The van der Waals surface area contributed by atoms with Gasteiger partial charge in [-0.25, -0.2) is 31.6 Å². The molecule has 1 aromatic carbocycles. The summed E-state index contributed by atoms with van der Waals surface area (Å²) in [6.07, 6.45) is 1.46. The maximum absolute atomic E-state index is 14.9. The Morgan fingerprint density at radius 1 is 1.28 bits per heavy atom. The van der Waals surface area contributed by atoms with Crippen molar-refractivity contribution in [2.45, 2.75) is 33.0 Å². The Hall–Kier alpha value is -3.19. The van der Waals surface area contributed by atoms with Crippen LogP contribution in [0.1, 0.15) is 25.0 Å². The molecule has 0 saturated carbocycles. The second-order valence-electron chi connectivity index (χ2n) is 11.0. The normalized spacial score (nSPS) is 22.0. The van der Waals surface area contributed by atoms with E-state index in [0.717, 1.165) is 12.3 Å². The van der Waals surface area contributed by atoms with E-state index in [-0.39, 0.29) is 41.2 Å². The molecule has 0 unspecified atom stereocenters. The van der Waals surface area contributed by atoms with Gasteiger partial charge < -0.3 is 20.2 Å². The molecule has 0 radical (unpaired) electrons. The van der Waals surface area contributed by atoms with Crippen LogP contribution in [-0.2, 0) is 9.84 Å². The zero-order chi connectivity index (χ0) is 28.7. The van der Waals surface area contributed by atoms with Gasteiger partial charge in [0, 0.05) is 55.0 Å². The average molecular weight is 567 g/mol. The number of halogens is 3. The first-order valence-electron chi connectivity index (χ1n) is 12.5. The molecule has 4 rings (SSSR count). The molecular weight excluding hydrogens is 533 g/mol. The van der Waals surface area contributed by atoms with Gasteiger partial charge in [0.2, 0.25) is 5.95 Å². The fourth-order valence-corrected chi connectivity index (χ4v) is 6.22. The molecule has 39 heavy (non-hydrogen) atoms. The first-order chi connectivity index (χ1) is 18.2. The van der Waals surface area contributed by atoms with Crippen LogP contribution in [0.15, 0.2) is 29.1 Å². The second-order valence-corrected chi connectivity index (χ2v) is 13.2. The van der Waals surface area contributed by atoms with Crippen LogP contribution in [0, 0.1) is 29.9 Å². The van der Waals surface area contributed by atoms with Gasteiger partial charge in [0.15, 0.2) is 0 Å². The molecule has 0 amide bonds. The van der Waals surface area contributed by atoms with Crippen LogP contribution in [-0.4, -0.2) is 80.7 Å². The van der Waals surface area contributed by atoms with Crippen LogP contribution in [0.3, 0.4) is 0 Å². The summed E-state index contributed by atoms with van der Waals surface area (Å²) in [5.41, 5.74) is -0.0841. The number of hydrogen-bond acceptors (Lipinski definition) is 9. The second kappa shape index (κ2) is 10.8. The minimum Gasteiger partial charge on any atom is -0.389 e. The van der Waals surface area contributed by atoms with E-state index in [0.29, 0.717) is 31.0 Å². The molecule has 2 fully saturated rings. The Morgan fingerprint density at radius 2 is 1.97 bits per heavy atom.